The van der Waals surface area contributed by atoms with E-state index in [-0.39, 0.29) is 12.5 Å². The lowest BCUT2D eigenvalue weighted by molar-refractivity contribution is -0.123. The number of carbonyl (C=O) groups is 1. The number of amides is 1. The highest BCUT2D eigenvalue weighted by atomic mass is 127. The zero-order chi connectivity index (χ0) is 20.1. The Balaban J connectivity index is 1.63. The number of nitrogens with zero attached hydrogens (tertiary/aromatic N) is 2. The molecule has 1 aromatic heterocycles. The molecule has 3 aromatic rings. The first-order valence-corrected chi connectivity index (χ1v) is 10.1. The second kappa shape index (κ2) is 9.25. The summed E-state index contributed by atoms with van der Waals surface area (Å²) in [4.78, 5) is 12.0. The Morgan fingerprint density at radius 1 is 1.21 bits per heavy atom. The van der Waals surface area contributed by atoms with Crippen LogP contribution < -0.4 is 10.2 Å². The van der Waals surface area contributed by atoms with Gasteiger partial charge >= 0.3 is 0 Å². The average molecular weight is 508 g/mol. The van der Waals surface area contributed by atoms with Gasteiger partial charge in [0.05, 0.1) is 9.78 Å². The number of hydrazone groups is 1. The van der Waals surface area contributed by atoms with Gasteiger partial charge in [0.15, 0.2) is 6.61 Å². The molecule has 3 rings (SSSR count). The van der Waals surface area contributed by atoms with Crippen molar-refractivity contribution in [3.63, 3.8) is 0 Å². The van der Waals surface area contributed by atoms with E-state index in [1.54, 1.807) is 6.21 Å². The quantitative estimate of drug-likeness (QED) is 0.294. The van der Waals surface area contributed by atoms with Crippen molar-refractivity contribution in [3.8, 4) is 11.4 Å². The fourth-order valence-electron chi connectivity index (χ4n) is 2.82. The SMILES string of the molecule is Cc1cc(/C=N/NC(=O)COc2ccccc2I)c(C)n1-c1ccc(Cl)cc1. The Bertz CT molecular complexity index is 1010. The summed E-state index contributed by atoms with van der Waals surface area (Å²) >= 11 is 8.14. The van der Waals surface area contributed by atoms with E-state index in [0.29, 0.717) is 10.8 Å². The first-order valence-electron chi connectivity index (χ1n) is 8.60. The third-order valence-electron chi connectivity index (χ3n) is 4.14. The summed E-state index contributed by atoms with van der Waals surface area (Å²) in [6, 6.07) is 17.2. The number of aryl methyl sites for hydroxylation is 1. The molecule has 1 amide bonds. The van der Waals surface area contributed by atoms with Gasteiger partial charge in [-0.2, -0.15) is 5.10 Å². The molecule has 0 radical (unpaired) electrons. The second-order valence-electron chi connectivity index (χ2n) is 6.15. The predicted octanol–water partition coefficient (Wildman–Crippen LogP) is 4.88. The van der Waals surface area contributed by atoms with Crippen molar-refractivity contribution in [2.24, 2.45) is 5.10 Å². The van der Waals surface area contributed by atoms with Crippen LogP contribution in [0.15, 0.2) is 59.7 Å². The van der Waals surface area contributed by atoms with E-state index in [0.717, 1.165) is 26.2 Å². The summed E-state index contributed by atoms with van der Waals surface area (Å²) in [5.41, 5.74) is 6.53. The number of carbonyl (C=O) groups excluding carboxylic acids is 1. The van der Waals surface area contributed by atoms with Gasteiger partial charge in [-0.05, 0) is 78.9 Å². The van der Waals surface area contributed by atoms with Crippen LogP contribution in [0.4, 0.5) is 0 Å². The van der Waals surface area contributed by atoms with Crippen LogP contribution in [-0.4, -0.2) is 23.3 Å². The fourth-order valence-corrected chi connectivity index (χ4v) is 3.49. The van der Waals surface area contributed by atoms with Crippen LogP contribution in [0.25, 0.3) is 5.69 Å². The van der Waals surface area contributed by atoms with E-state index in [2.05, 4.69) is 37.7 Å². The van der Waals surface area contributed by atoms with Gasteiger partial charge in [0, 0.05) is 27.7 Å². The molecule has 144 valence electrons. The molecule has 0 atom stereocenters. The molecule has 5 nitrogen and oxygen atoms in total. The zero-order valence-electron chi connectivity index (χ0n) is 15.4. The summed E-state index contributed by atoms with van der Waals surface area (Å²) in [6.07, 6.45) is 1.64. The van der Waals surface area contributed by atoms with Gasteiger partial charge in [-0.25, -0.2) is 5.43 Å². The minimum atomic E-state index is -0.317. The highest BCUT2D eigenvalue weighted by Gasteiger charge is 2.10. The molecule has 0 aliphatic carbocycles. The van der Waals surface area contributed by atoms with E-state index in [9.17, 15) is 4.79 Å². The maximum Gasteiger partial charge on any atom is 0.277 e. The molecule has 2 aromatic carbocycles. The monoisotopic (exact) mass is 507 g/mol. The Morgan fingerprint density at radius 3 is 2.64 bits per heavy atom. The Hall–Kier alpha value is -2.32. The molecular weight excluding hydrogens is 489 g/mol. The smallest absolute Gasteiger partial charge is 0.277 e. The van der Waals surface area contributed by atoms with Crippen molar-refractivity contribution in [2.75, 3.05) is 6.61 Å². The van der Waals surface area contributed by atoms with Crippen molar-refractivity contribution in [2.45, 2.75) is 13.8 Å². The highest BCUT2D eigenvalue weighted by Crippen LogP contribution is 2.21. The summed E-state index contributed by atoms with van der Waals surface area (Å²) in [5.74, 6) is 0.358. The number of nitrogens with one attached hydrogen (secondary N) is 1. The summed E-state index contributed by atoms with van der Waals surface area (Å²) in [6.45, 7) is 3.93. The lowest BCUT2D eigenvalue weighted by Gasteiger charge is -2.09. The van der Waals surface area contributed by atoms with Crippen LogP contribution in [0.1, 0.15) is 17.0 Å². The summed E-state index contributed by atoms with van der Waals surface area (Å²) < 4.78 is 8.57. The predicted molar refractivity (Wildman–Crippen MR) is 121 cm³/mol. The minimum absolute atomic E-state index is 0.0961. The van der Waals surface area contributed by atoms with Gasteiger partial charge in [-0.15, -0.1) is 0 Å². The van der Waals surface area contributed by atoms with Gasteiger partial charge in [0.25, 0.3) is 5.91 Å². The first kappa shape index (κ1) is 20.4. The molecule has 7 heteroatoms. The van der Waals surface area contributed by atoms with Crippen molar-refractivity contribution in [1.82, 2.24) is 9.99 Å². The molecule has 0 aliphatic heterocycles. The van der Waals surface area contributed by atoms with E-state index in [1.807, 2.05) is 68.4 Å². The van der Waals surface area contributed by atoms with Crippen LogP contribution in [0.3, 0.4) is 0 Å². The lowest BCUT2D eigenvalue weighted by atomic mass is 10.2. The Morgan fingerprint density at radius 2 is 1.93 bits per heavy atom. The van der Waals surface area contributed by atoms with E-state index >= 15 is 0 Å². The van der Waals surface area contributed by atoms with Crippen molar-refractivity contribution in [1.29, 1.82) is 0 Å². The Kier molecular flexibility index (Phi) is 6.74. The maximum atomic E-state index is 12.0. The third kappa shape index (κ3) is 4.94. The zero-order valence-corrected chi connectivity index (χ0v) is 18.4. The van der Waals surface area contributed by atoms with Crippen LogP contribution in [0.5, 0.6) is 5.75 Å². The van der Waals surface area contributed by atoms with Crippen LogP contribution in [0.2, 0.25) is 5.02 Å². The molecule has 0 fully saturated rings. The molecule has 0 saturated heterocycles. The van der Waals surface area contributed by atoms with Crippen LogP contribution >= 0.6 is 34.2 Å². The molecule has 0 saturated carbocycles. The number of rotatable bonds is 6. The molecule has 1 heterocycles. The topological polar surface area (TPSA) is 55.6 Å². The largest absolute Gasteiger partial charge is 0.483 e. The summed E-state index contributed by atoms with van der Waals surface area (Å²) in [5, 5.41) is 4.76. The molecular formula is C21H19ClIN3O2. The molecule has 1 N–H and O–H groups in total. The number of halogens is 2. The van der Waals surface area contributed by atoms with Crippen LogP contribution in [0, 0.1) is 17.4 Å². The van der Waals surface area contributed by atoms with Crippen molar-refractivity contribution >= 4 is 46.3 Å². The third-order valence-corrected chi connectivity index (χ3v) is 5.29. The van der Waals surface area contributed by atoms with Gasteiger partial charge in [-0.3, -0.25) is 4.79 Å². The molecule has 0 aliphatic rings. The highest BCUT2D eigenvalue weighted by molar-refractivity contribution is 14.1. The normalized spacial score (nSPS) is 11.0. The van der Waals surface area contributed by atoms with Gasteiger partial charge in [-0.1, -0.05) is 23.7 Å². The van der Waals surface area contributed by atoms with Gasteiger partial charge in [0.1, 0.15) is 5.75 Å². The number of aromatic nitrogens is 1. The number of ether oxygens (including phenoxy) is 1. The number of hydrogen-bond donors (Lipinski definition) is 1. The average Bonchev–Trinajstić information content (AvgIpc) is 2.95. The molecule has 28 heavy (non-hydrogen) atoms. The van der Waals surface area contributed by atoms with E-state index < -0.39 is 0 Å². The van der Waals surface area contributed by atoms with Crippen molar-refractivity contribution in [3.05, 3.63) is 80.1 Å². The minimum Gasteiger partial charge on any atom is -0.483 e. The van der Waals surface area contributed by atoms with Crippen LogP contribution in [-0.2, 0) is 4.79 Å². The lowest BCUT2D eigenvalue weighted by Crippen LogP contribution is -2.24. The number of para-hydroxylation sites is 1. The molecule has 0 unspecified atom stereocenters. The fraction of sp³-hybridized carbons (Fsp3) is 0.143. The second-order valence-corrected chi connectivity index (χ2v) is 7.75. The standard InChI is InChI=1S/C21H19ClIN3O2/c1-14-11-16(15(2)26(14)18-9-7-17(22)8-10-18)12-24-25-21(27)13-28-20-6-4-3-5-19(20)23/h3-12H,13H2,1-2H3,(H,25,27)/b24-12+. The van der Waals surface area contributed by atoms with Crippen molar-refractivity contribution < 1.29 is 9.53 Å². The van der Waals surface area contributed by atoms with E-state index in [1.165, 1.54) is 0 Å². The van der Waals surface area contributed by atoms with Gasteiger partial charge in [0.2, 0.25) is 0 Å². The molecule has 0 bridgehead atoms. The number of hydrogen-bond acceptors (Lipinski definition) is 3. The first-order chi connectivity index (χ1) is 13.5. The number of benzene rings is 2. The molecule has 0 spiro atoms. The maximum absolute atomic E-state index is 12.0. The summed E-state index contributed by atoms with van der Waals surface area (Å²) in [7, 11) is 0. The van der Waals surface area contributed by atoms with Gasteiger partial charge < -0.3 is 9.30 Å². The van der Waals surface area contributed by atoms with E-state index in [4.69, 9.17) is 16.3 Å². The Labute approximate surface area is 182 Å².